The van der Waals surface area contributed by atoms with Gasteiger partial charge in [-0.2, -0.15) is 14.3 Å². The summed E-state index contributed by atoms with van der Waals surface area (Å²) < 4.78 is 31.2. The van der Waals surface area contributed by atoms with Crippen LogP contribution in [-0.2, 0) is 16.0 Å². The average molecular weight is 425 g/mol. The second-order valence-corrected chi connectivity index (χ2v) is 7.58. The van der Waals surface area contributed by atoms with Crippen molar-refractivity contribution in [3.8, 4) is 0 Å². The first-order valence-corrected chi connectivity index (χ1v) is 8.39. The van der Waals surface area contributed by atoms with E-state index in [0.717, 1.165) is 13.7 Å². The Morgan fingerprint density at radius 2 is 2.21 bits per heavy atom. The van der Waals surface area contributed by atoms with Gasteiger partial charge in [-0.1, -0.05) is 0 Å². The number of rotatable bonds is 6. The molecule has 1 aliphatic heterocycles. The molecular formula is C13H15BrF2N4O3S. The minimum atomic E-state index is -2.01. The molecule has 1 saturated heterocycles. The predicted octanol–water partition coefficient (Wildman–Crippen LogP) is 1.86. The fourth-order valence-corrected chi connectivity index (χ4v) is 3.67. The Kier molecular flexibility index (Phi) is 6.27. The van der Waals surface area contributed by atoms with Crippen LogP contribution in [0.15, 0.2) is 27.6 Å². The monoisotopic (exact) mass is 424 g/mol. The zero-order valence-corrected chi connectivity index (χ0v) is 15.0. The van der Waals surface area contributed by atoms with Gasteiger partial charge >= 0.3 is 6.09 Å². The number of hydrazine groups is 2. The molecular weight excluding hydrogens is 410 g/mol. The van der Waals surface area contributed by atoms with E-state index in [0.29, 0.717) is 6.42 Å². The fraction of sp³-hybridized carbons (Fsp3) is 0.385. The van der Waals surface area contributed by atoms with E-state index in [1.807, 2.05) is 12.1 Å². The topological polar surface area (TPSA) is 87.9 Å². The van der Waals surface area contributed by atoms with E-state index < -0.39 is 36.9 Å². The maximum absolute atomic E-state index is 12.9. The van der Waals surface area contributed by atoms with Gasteiger partial charge in [0.15, 0.2) is 0 Å². The Hall–Kier alpha value is -1.56. The second-order valence-electron chi connectivity index (χ2n) is 5.03. The zero-order chi connectivity index (χ0) is 17.9. The van der Waals surface area contributed by atoms with E-state index in [9.17, 15) is 18.4 Å². The van der Waals surface area contributed by atoms with Crippen molar-refractivity contribution < 1.29 is 23.1 Å². The fourth-order valence-electron chi connectivity index (χ4n) is 2.15. The average Bonchev–Trinajstić information content (AvgIpc) is 3.01. The van der Waals surface area contributed by atoms with Crippen molar-refractivity contribution >= 4 is 39.3 Å². The number of amides is 2. The zero-order valence-electron chi connectivity index (χ0n) is 12.6. The third-order valence-electron chi connectivity index (χ3n) is 3.33. The van der Waals surface area contributed by atoms with Crippen LogP contribution in [0.4, 0.5) is 13.6 Å². The van der Waals surface area contributed by atoms with Gasteiger partial charge < -0.3 is 10.5 Å². The number of carbonyl (C=O) groups excluding carboxylic acids is 2. The minimum absolute atomic E-state index is 0.347. The van der Waals surface area contributed by atoms with Crippen molar-refractivity contribution in [3.63, 3.8) is 0 Å². The molecule has 1 unspecified atom stereocenters. The summed E-state index contributed by atoms with van der Waals surface area (Å²) in [6.45, 7) is -1.08. The van der Waals surface area contributed by atoms with Crippen LogP contribution < -0.4 is 11.3 Å². The van der Waals surface area contributed by atoms with Crippen LogP contribution in [0.2, 0.25) is 0 Å². The summed E-state index contributed by atoms with van der Waals surface area (Å²) in [7, 11) is 1.65. The Balaban J connectivity index is 2.03. The number of likely N-dealkylation sites (N-methyl/N-ethyl adjacent to an activating group) is 1. The van der Waals surface area contributed by atoms with Gasteiger partial charge in [-0.3, -0.25) is 9.80 Å². The highest BCUT2D eigenvalue weighted by Gasteiger charge is 2.37. The van der Waals surface area contributed by atoms with Crippen LogP contribution in [0.3, 0.4) is 0 Å². The van der Waals surface area contributed by atoms with E-state index in [-0.39, 0.29) is 5.91 Å². The van der Waals surface area contributed by atoms with Gasteiger partial charge in [0.05, 0.1) is 15.9 Å². The summed E-state index contributed by atoms with van der Waals surface area (Å²) in [6.07, 6.45) is -2.73. The summed E-state index contributed by atoms with van der Waals surface area (Å²) in [5.74, 6) is -0.347. The van der Waals surface area contributed by atoms with Crippen molar-refractivity contribution in [3.05, 3.63) is 32.5 Å². The van der Waals surface area contributed by atoms with Gasteiger partial charge in [0.1, 0.15) is 12.6 Å². The molecule has 1 fully saturated rings. The van der Waals surface area contributed by atoms with Gasteiger partial charge in [-0.05, 0) is 28.1 Å². The number of thiophene rings is 1. The number of carbonyl (C=O) groups is 2. The van der Waals surface area contributed by atoms with Crippen LogP contribution in [-0.4, -0.2) is 48.3 Å². The molecule has 0 spiro atoms. The highest BCUT2D eigenvalue weighted by Crippen LogP contribution is 2.25. The summed E-state index contributed by atoms with van der Waals surface area (Å²) >= 11 is 4.85. The van der Waals surface area contributed by atoms with Crippen LogP contribution in [0.5, 0.6) is 0 Å². The largest absolute Gasteiger partial charge is 0.445 e. The number of ether oxygens (including phenoxy) is 1. The Morgan fingerprint density at radius 1 is 1.50 bits per heavy atom. The molecule has 2 heterocycles. The lowest BCUT2D eigenvalue weighted by atomic mass is 10.1. The van der Waals surface area contributed by atoms with E-state index in [4.69, 9.17) is 5.73 Å². The maximum atomic E-state index is 12.9. The molecule has 11 heteroatoms. The first-order valence-electron chi connectivity index (χ1n) is 6.78. The van der Waals surface area contributed by atoms with E-state index >= 15 is 0 Å². The number of nitrogens with zero attached hydrogens (tertiary/aromatic N) is 2. The number of nitrogens with one attached hydrogen (secondary N) is 1. The molecule has 132 valence electrons. The molecule has 1 aliphatic rings. The third-order valence-corrected chi connectivity index (χ3v) is 4.97. The first-order chi connectivity index (χ1) is 11.3. The second kappa shape index (κ2) is 8.01. The molecule has 0 saturated carbocycles. The van der Waals surface area contributed by atoms with Crippen molar-refractivity contribution in [1.82, 2.24) is 15.6 Å². The Bertz CT molecular complexity index is 665. The van der Waals surface area contributed by atoms with Crippen LogP contribution >= 0.6 is 27.3 Å². The molecule has 1 atom stereocenters. The standard InChI is InChI=1S/C13H15BrF2N4O3S/c1-19-9(4-8-2-3-10(14)24-8)12(21)20(18-19)5-7(11(15)16)6-23-13(17)22/h2-3,9,18H,4-6H2,1H3,(H2,17,22). The third kappa shape index (κ3) is 4.72. The highest BCUT2D eigenvalue weighted by atomic mass is 79.9. The number of halogens is 3. The lowest BCUT2D eigenvalue weighted by Gasteiger charge is -2.18. The SMILES string of the molecule is CN1NN(CC(COC(N)=O)=C(F)F)C(=O)C1Cc1ccc(Br)s1. The van der Waals surface area contributed by atoms with E-state index in [1.54, 1.807) is 12.1 Å². The minimum Gasteiger partial charge on any atom is -0.445 e. The lowest BCUT2D eigenvalue weighted by molar-refractivity contribution is -0.130. The maximum Gasteiger partial charge on any atom is 0.404 e. The summed E-state index contributed by atoms with van der Waals surface area (Å²) in [5.41, 5.74) is 7.00. The molecule has 0 aromatic carbocycles. The van der Waals surface area contributed by atoms with Crippen molar-refractivity contribution in [2.24, 2.45) is 5.73 Å². The molecule has 0 bridgehead atoms. The molecule has 0 aliphatic carbocycles. The molecule has 3 N–H and O–H groups in total. The number of hydrogen-bond donors (Lipinski definition) is 2. The molecule has 1 aromatic rings. The van der Waals surface area contributed by atoms with Crippen LogP contribution in [0, 0.1) is 0 Å². The molecule has 24 heavy (non-hydrogen) atoms. The quantitative estimate of drug-likeness (QED) is 0.727. The van der Waals surface area contributed by atoms with Crippen LogP contribution in [0.1, 0.15) is 4.88 Å². The Labute approximate surface area is 149 Å². The predicted molar refractivity (Wildman–Crippen MR) is 86.9 cm³/mol. The molecule has 2 rings (SSSR count). The van der Waals surface area contributed by atoms with Gasteiger partial charge in [0.25, 0.3) is 12.0 Å². The normalized spacial score (nSPS) is 18.1. The molecule has 2 amide bonds. The number of nitrogens with two attached hydrogens (primary N) is 1. The molecule has 7 nitrogen and oxygen atoms in total. The smallest absolute Gasteiger partial charge is 0.404 e. The van der Waals surface area contributed by atoms with Crippen molar-refractivity contribution in [1.29, 1.82) is 0 Å². The van der Waals surface area contributed by atoms with E-state index in [1.165, 1.54) is 11.3 Å². The molecule has 1 aromatic heterocycles. The van der Waals surface area contributed by atoms with Gasteiger partial charge in [-0.25, -0.2) is 9.80 Å². The lowest BCUT2D eigenvalue weighted by Crippen LogP contribution is -2.40. The summed E-state index contributed by atoms with van der Waals surface area (Å²) in [6, 6.07) is 3.26. The highest BCUT2D eigenvalue weighted by molar-refractivity contribution is 9.11. The van der Waals surface area contributed by atoms with Gasteiger partial charge in [0, 0.05) is 18.3 Å². The Morgan fingerprint density at radius 3 is 2.75 bits per heavy atom. The number of hydrogen-bond acceptors (Lipinski definition) is 6. The first kappa shape index (κ1) is 18.8. The van der Waals surface area contributed by atoms with Crippen molar-refractivity contribution in [2.75, 3.05) is 20.2 Å². The van der Waals surface area contributed by atoms with Crippen LogP contribution in [0.25, 0.3) is 0 Å². The van der Waals surface area contributed by atoms with Gasteiger partial charge in [0.2, 0.25) is 0 Å². The molecule has 0 radical (unpaired) electrons. The number of primary amides is 1. The van der Waals surface area contributed by atoms with E-state index in [2.05, 4.69) is 26.2 Å². The van der Waals surface area contributed by atoms with Crippen molar-refractivity contribution in [2.45, 2.75) is 12.5 Å². The summed E-state index contributed by atoms with van der Waals surface area (Å²) in [5, 5.41) is 2.62. The summed E-state index contributed by atoms with van der Waals surface area (Å²) in [4.78, 5) is 24.0. The van der Waals surface area contributed by atoms with Gasteiger partial charge in [-0.15, -0.1) is 11.3 Å².